The number of hydrogen-bond donors (Lipinski definition) is 1. The van der Waals surface area contributed by atoms with Crippen molar-refractivity contribution in [2.24, 2.45) is 0 Å². The summed E-state index contributed by atoms with van der Waals surface area (Å²) in [6.07, 6.45) is 4.25. The molecule has 1 amide bonds. The van der Waals surface area contributed by atoms with Crippen molar-refractivity contribution < 1.29 is 4.79 Å². The van der Waals surface area contributed by atoms with Crippen LogP contribution >= 0.6 is 11.3 Å². The standard InChI is InChI=1S/C18H20N4OS/c1-5-14-20-12(4)15-10(2)16(24-18(15)22-14)17(23)21-11(3)13-6-8-19-9-7-13/h6-9,11H,5H2,1-4H3,(H,21,23)/t11-/m0/s1. The van der Waals surface area contributed by atoms with E-state index < -0.39 is 0 Å². The van der Waals surface area contributed by atoms with Gasteiger partial charge in [-0.05, 0) is 44.0 Å². The monoisotopic (exact) mass is 340 g/mol. The van der Waals surface area contributed by atoms with Crippen LogP contribution in [0.25, 0.3) is 10.2 Å². The zero-order valence-corrected chi connectivity index (χ0v) is 15.1. The third kappa shape index (κ3) is 3.01. The molecule has 0 unspecified atom stereocenters. The Hall–Kier alpha value is -2.34. The van der Waals surface area contributed by atoms with Crippen LogP contribution in [-0.2, 0) is 6.42 Å². The number of thiophene rings is 1. The van der Waals surface area contributed by atoms with Gasteiger partial charge in [-0.3, -0.25) is 9.78 Å². The SMILES string of the molecule is CCc1nc(C)c2c(C)c(C(=O)N[C@@H](C)c3ccncc3)sc2n1. The lowest BCUT2D eigenvalue weighted by Gasteiger charge is -2.13. The Morgan fingerprint density at radius 1 is 1.25 bits per heavy atom. The Morgan fingerprint density at radius 2 is 1.96 bits per heavy atom. The van der Waals surface area contributed by atoms with Gasteiger partial charge >= 0.3 is 0 Å². The molecule has 0 aromatic carbocycles. The minimum absolute atomic E-state index is 0.0720. The predicted molar refractivity (Wildman–Crippen MR) is 96.4 cm³/mol. The summed E-state index contributed by atoms with van der Waals surface area (Å²) in [5.74, 6) is 0.746. The Kier molecular flexibility index (Phi) is 4.57. The summed E-state index contributed by atoms with van der Waals surface area (Å²) in [5, 5.41) is 4.06. The molecule has 0 aliphatic heterocycles. The Morgan fingerprint density at radius 3 is 2.62 bits per heavy atom. The second-order valence-corrected chi connectivity index (χ2v) is 6.79. The molecule has 0 fully saturated rings. The summed E-state index contributed by atoms with van der Waals surface area (Å²) in [7, 11) is 0. The van der Waals surface area contributed by atoms with Crippen molar-refractivity contribution in [2.45, 2.75) is 40.2 Å². The maximum atomic E-state index is 12.7. The molecule has 3 heterocycles. The molecule has 6 heteroatoms. The van der Waals surface area contributed by atoms with Crippen LogP contribution in [0.15, 0.2) is 24.5 Å². The van der Waals surface area contributed by atoms with Crippen LogP contribution in [0.1, 0.15) is 52.2 Å². The van der Waals surface area contributed by atoms with Gasteiger partial charge in [0.05, 0.1) is 10.9 Å². The van der Waals surface area contributed by atoms with E-state index >= 15 is 0 Å². The van der Waals surface area contributed by atoms with Crippen LogP contribution in [0, 0.1) is 13.8 Å². The lowest BCUT2D eigenvalue weighted by Crippen LogP contribution is -2.26. The first-order valence-corrected chi connectivity index (χ1v) is 8.80. The van der Waals surface area contributed by atoms with Crippen molar-refractivity contribution in [1.29, 1.82) is 0 Å². The van der Waals surface area contributed by atoms with Crippen molar-refractivity contribution in [2.75, 3.05) is 0 Å². The van der Waals surface area contributed by atoms with Gasteiger partial charge in [0.1, 0.15) is 10.7 Å². The van der Waals surface area contributed by atoms with Crippen LogP contribution in [0.4, 0.5) is 0 Å². The predicted octanol–water partition coefficient (Wildman–Crippen LogP) is 3.76. The number of hydrogen-bond acceptors (Lipinski definition) is 5. The summed E-state index contributed by atoms with van der Waals surface area (Å²) in [5.41, 5.74) is 2.92. The number of rotatable bonds is 4. The molecule has 0 aliphatic carbocycles. The molecular weight excluding hydrogens is 320 g/mol. The highest BCUT2D eigenvalue weighted by molar-refractivity contribution is 7.20. The van der Waals surface area contributed by atoms with Crippen molar-refractivity contribution in [3.63, 3.8) is 0 Å². The second kappa shape index (κ2) is 6.65. The fourth-order valence-corrected chi connectivity index (χ4v) is 3.92. The van der Waals surface area contributed by atoms with Crippen LogP contribution < -0.4 is 5.32 Å². The third-order valence-corrected chi connectivity index (χ3v) is 5.28. The Balaban J connectivity index is 1.93. The maximum Gasteiger partial charge on any atom is 0.262 e. The van der Waals surface area contributed by atoms with Gasteiger partial charge in [0.25, 0.3) is 5.91 Å². The van der Waals surface area contributed by atoms with Crippen LogP contribution in [0.5, 0.6) is 0 Å². The molecule has 5 nitrogen and oxygen atoms in total. The number of aromatic nitrogens is 3. The average molecular weight is 340 g/mol. The molecule has 3 aromatic heterocycles. The van der Waals surface area contributed by atoms with E-state index in [2.05, 4.69) is 20.3 Å². The summed E-state index contributed by atoms with van der Waals surface area (Å²) in [6.45, 7) is 7.94. The fourth-order valence-electron chi connectivity index (χ4n) is 2.77. The first kappa shape index (κ1) is 16.5. The van der Waals surface area contributed by atoms with Crippen LogP contribution in [0.2, 0.25) is 0 Å². The number of amides is 1. The molecule has 3 rings (SSSR count). The highest BCUT2D eigenvalue weighted by Crippen LogP contribution is 2.31. The molecule has 0 aliphatic rings. The molecule has 24 heavy (non-hydrogen) atoms. The molecule has 0 radical (unpaired) electrons. The lowest BCUT2D eigenvalue weighted by atomic mass is 10.1. The summed E-state index contributed by atoms with van der Waals surface area (Å²) < 4.78 is 0. The van der Waals surface area contributed by atoms with Gasteiger partial charge in [0, 0.05) is 29.9 Å². The Labute approximate surface area is 145 Å². The van der Waals surface area contributed by atoms with E-state index in [-0.39, 0.29) is 11.9 Å². The van der Waals surface area contributed by atoms with Gasteiger partial charge in [-0.25, -0.2) is 9.97 Å². The zero-order valence-electron chi connectivity index (χ0n) is 14.3. The van der Waals surface area contributed by atoms with Gasteiger partial charge in [0.2, 0.25) is 0 Å². The minimum atomic E-state index is -0.0801. The van der Waals surface area contributed by atoms with E-state index in [4.69, 9.17) is 0 Å². The van der Waals surface area contributed by atoms with Crippen molar-refractivity contribution in [1.82, 2.24) is 20.3 Å². The number of pyridine rings is 1. The highest BCUT2D eigenvalue weighted by Gasteiger charge is 2.20. The van der Waals surface area contributed by atoms with Crippen molar-refractivity contribution >= 4 is 27.5 Å². The number of nitrogens with one attached hydrogen (secondary N) is 1. The van der Waals surface area contributed by atoms with Gasteiger partial charge in [-0.1, -0.05) is 6.92 Å². The molecule has 124 valence electrons. The van der Waals surface area contributed by atoms with E-state index in [1.165, 1.54) is 11.3 Å². The molecular formula is C18H20N4OS. The van der Waals surface area contributed by atoms with E-state index in [1.807, 2.05) is 39.8 Å². The molecule has 0 spiro atoms. The molecule has 1 N–H and O–H groups in total. The van der Waals surface area contributed by atoms with Gasteiger partial charge in [-0.15, -0.1) is 11.3 Å². The Bertz CT molecular complexity index is 889. The molecule has 3 aromatic rings. The fraction of sp³-hybridized carbons (Fsp3) is 0.333. The van der Waals surface area contributed by atoms with E-state index in [0.717, 1.165) is 39.3 Å². The van der Waals surface area contributed by atoms with Gasteiger partial charge in [-0.2, -0.15) is 0 Å². The van der Waals surface area contributed by atoms with Crippen molar-refractivity contribution in [3.8, 4) is 0 Å². The number of carbonyl (C=O) groups excluding carboxylic acids is 1. The van der Waals surface area contributed by atoms with E-state index in [9.17, 15) is 4.79 Å². The number of aryl methyl sites for hydroxylation is 3. The molecule has 0 saturated heterocycles. The number of nitrogens with zero attached hydrogens (tertiary/aromatic N) is 3. The maximum absolute atomic E-state index is 12.7. The van der Waals surface area contributed by atoms with Gasteiger partial charge < -0.3 is 5.32 Å². The minimum Gasteiger partial charge on any atom is -0.345 e. The highest BCUT2D eigenvalue weighted by atomic mass is 32.1. The average Bonchev–Trinajstić information content (AvgIpc) is 2.92. The second-order valence-electron chi connectivity index (χ2n) is 5.79. The molecule has 0 bridgehead atoms. The normalized spacial score (nSPS) is 12.3. The topological polar surface area (TPSA) is 67.8 Å². The third-order valence-electron chi connectivity index (χ3n) is 4.09. The van der Waals surface area contributed by atoms with Gasteiger partial charge in [0.15, 0.2) is 0 Å². The van der Waals surface area contributed by atoms with Crippen LogP contribution in [-0.4, -0.2) is 20.9 Å². The first-order valence-electron chi connectivity index (χ1n) is 7.98. The quantitative estimate of drug-likeness (QED) is 0.785. The largest absolute Gasteiger partial charge is 0.345 e. The molecule has 0 saturated carbocycles. The summed E-state index contributed by atoms with van der Waals surface area (Å²) >= 11 is 1.44. The molecule has 1 atom stereocenters. The van der Waals surface area contributed by atoms with E-state index in [1.54, 1.807) is 12.4 Å². The smallest absolute Gasteiger partial charge is 0.262 e. The number of carbonyl (C=O) groups is 1. The number of fused-ring (bicyclic) bond motifs is 1. The van der Waals surface area contributed by atoms with E-state index in [0.29, 0.717) is 4.88 Å². The summed E-state index contributed by atoms with van der Waals surface area (Å²) in [4.78, 5) is 27.4. The summed E-state index contributed by atoms with van der Waals surface area (Å²) in [6, 6.07) is 3.74. The van der Waals surface area contributed by atoms with Crippen molar-refractivity contribution in [3.05, 3.63) is 52.0 Å². The first-order chi connectivity index (χ1) is 11.5. The lowest BCUT2D eigenvalue weighted by molar-refractivity contribution is 0.0943. The zero-order chi connectivity index (χ0) is 17.3. The van der Waals surface area contributed by atoms with Crippen LogP contribution in [0.3, 0.4) is 0 Å².